The maximum atomic E-state index is 12.2. The van der Waals surface area contributed by atoms with Crippen molar-refractivity contribution in [1.29, 1.82) is 0 Å². The van der Waals surface area contributed by atoms with Crippen molar-refractivity contribution in [2.24, 2.45) is 10.2 Å². The number of amides is 1. The summed E-state index contributed by atoms with van der Waals surface area (Å²) >= 11 is 5.99. The number of fused-ring (bicyclic) bond motifs is 1. The van der Waals surface area contributed by atoms with Crippen LogP contribution < -0.4 is 0 Å². The summed E-state index contributed by atoms with van der Waals surface area (Å²) in [5.74, 6) is -1.41. The lowest BCUT2D eigenvalue weighted by Crippen LogP contribution is -2.12. The van der Waals surface area contributed by atoms with Crippen molar-refractivity contribution in [3.05, 3.63) is 59.1 Å². The molecule has 1 aromatic heterocycles. The van der Waals surface area contributed by atoms with E-state index in [-0.39, 0.29) is 35.3 Å². The van der Waals surface area contributed by atoms with E-state index in [0.717, 1.165) is 0 Å². The van der Waals surface area contributed by atoms with E-state index in [4.69, 9.17) is 16.3 Å². The Balaban J connectivity index is 1.99. The zero-order valence-electron chi connectivity index (χ0n) is 14.4. The molecular weight excluding hydrogens is 370 g/mol. The van der Waals surface area contributed by atoms with Crippen molar-refractivity contribution in [2.45, 2.75) is 13.5 Å². The molecule has 2 aromatic carbocycles. The number of aromatic hydroxyl groups is 1. The molecule has 27 heavy (non-hydrogen) atoms. The Morgan fingerprint density at radius 2 is 1.85 bits per heavy atom. The van der Waals surface area contributed by atoms with Crippen LogP contribution in [0.25, 0.3) is 10.9 Å². The molecule has 0 aliphatic rings. The number of rotatable bonds is 5. The molecule has 0 saturated carbocycles. The van der Waals surface area contributed by atoms with Gasteiger partial charge in [0.05, 0.1) is 22.7 Å². The zero-order valence-corrected chi connectivity index (χ0v) is 15.2. The predicted octanol–water partition coefficient (Wildman–Crippen LogP) is 4.49. The molecule has 1 amide bonds. The standard InChI is InChI=1S/C19H16ClN3O4/c1-2-27-16(24)11-23-15-10-6-4-8-13(15)17(19(23)26)21-22-18(25)12-7-3-5-9-14(12)20/h3-10,26H,2,11H2,1H3. The second kappa shape index (κ2) is 8.01. The normalized spacial score (nSPS) is 11.2. The van der Waals surface area contributed by atoms with Gasteiger partial charge >= 0.3 is 5.97 Å². The number of hydrogen-bond acceptors (Lipinski definition) is 5. The van der Waals surface area contributed by atoms with Gasteiger partial charge in [-0.15, -0.1) is 10.2 Å². The maximum absolute atomic E-state index is 12.2. The van der Waals surface area contributed by atoms with Gasteiger partial charge in [-0.2, -0.15) is 0 Å². The molecule has 0 fully saturated rings. The van der Waals surface area contributed by atoms with Crippen LogP contribution in [0.5, 0.6) is 5.88 Å². The molecule has 0 aliphatic carbocycles. The number of azo groups is 1. The number of para-hydroxylation sites is 1. The number of halogens is 1. The Labute approximate surface area is 159 Å². The molecule has 8 heteroatoms. The van der Waals surface area contributed by atoms with Crippen molar-refractivity contribution in [1.82, 2.24) is 4.57 Å². The van der Waals surface area contributed by atoms with Gasteiger partial charge in [-0.1, -0.05) is 41.9 Å². The second-order valence-electron chi connectivity index (χ2n) is 5.57. The van der Waals surface area contributed by atoms with E-state index >= 15 is 0 Å². The highest BCUT2D eigenvalue weighted by molar-refractivity contribution is 6.33. The number of hydrogen-bond donors (Lipinski definition) is 1. The van der Waals surface area contributed by atoms with Crippen LogP contribution in [0.3, 0.4) is 0 Å². The number of benzene rings is 2. The summed E-state index contributed by atoms with van der Waals surface area (Å²) in [6.45, 7) is 1.75. The molecule has 1 heterocycles. The van der Waals surface area contributed by atoms with Crippen LogP contribution in [0.2, 0.25) is 5.02 Å². The highest BCUT2D eigenvalue weighted by Gasteiger charge is 2.19. The van der Waals surface area contributed by atoms with Gasteiger partial charge in [-0.25, -0.2) is 0 Å². The summed E-state index contributed by atoms with van der Waals surface area (Å²) in [7, 11) is 0. The third kappa shape index (κ3) is 3.83. The van der Waals surface area contributed by atoms with E-state index in [0.29, 0.717) is 10.9 Å². The quantitative estimate of drug-likeness (QED) is 0.517. The van der Waals surface area contributed by atoms with Gasteiger partial charge < -0.3 is 9.84 Å². The monoisotopic (exact) mass is 385 g/mol. The van der Waals surface area contributed by atoms with Gasteiger partial charge in [-0.3, -0.25) is 14.2 Å². The molecule has 7 nitrogen and oxygen atoms in total. The van der Waals surface area contributed by atoms with E-state index in [2.05, 4.69) is 10.2 Å². The molecule has 0 spiro atoms. The molecule has 0 atom stereocenters. The smallest absolute Gasteiger partial charge is 0.326 e. The first-order valence-corrected chi connectivity index (χ1v) is 8.57. The number of carbonyl (C=O) groups is 2. The van der Waals surface area contributed by atoms with Crippen LogP contribution in [-0.4, -0.2) is 28.2 Å². The van der Waals surface area contributed by atoms with Crippen LogP contribution >= 0.6 is 11.6 Å². The van der Waals surface area contributed by atoms with Crippen molar-refractivity contribution in [3.63, 3.8) is 0 Å². The first-order valence-electron chi connectivity index (χ1n) is 8.19. The van der Waals surface area contributed by atoms with E-state index in [1.807, 2.05) is 0 Å². The third-order valence-corrected chi connectivity index (χ3v) is 4.18. The average Bonchev–Trinajstić information content (AvgIpc) is 2.92. The van der Waals surface area contributed by atoms with E-state index < -0.39 is 11.9 Å². The van der Waals surface area contributed by atoms with Crippen molar-refractivity contribution >= 4 is 40.1 Å². The number of aromatic nitrogens is 1. The summed E-state index contributed by atoms with van der Waals surface area (Å²) in [5, 5.41) is 18.9. The molecule has 0 saturated heterocycles. The fraction of sp³-hybridized carbons (Fsp3) is 0.158. The van der Waals surface area contributed by atoms with Gasteiger partial charge in [0.25, 0.3) is 5.91 Å². The van der Waals surface area contributed by atoms with Gasteiger partial charge in [0.2, 0.25) is 5.88 Å². The zero-order chi connectivity index (χ0) is 19.4. The van der Waals surface area contributed by atoms with Crippen molar-refractivity contribution in [2.75, 3.05) is 6.61 Å². The number of nitrogens with zero attached hydrogens (tertiary/aromatic N) is 3. The minimum Gasteiger partial charge on any atom is -0.493 e. The lowest BCUT2D eigenvalue weighted by molar-refractivity contribution is -0.143. The first-order chi connectivity index (χ1) is 13.0. The summed E-state index contributed by atoms with van der Waals surface area (Å²) in [5.41, 5.74) is 0.871. The Bertz CT molecular complexity index is 1040. The minimum absolute atomic E-state index is 0.0929. The minimum atomic E-state index is -0.637. The predicted molar refractivity (Wildman–Crippen MR) is 101 cm³/mol. The highest BCUT2D eigenvalue weighted by atomic mass is 35.5. The fourth-order valence-electron chi connectivity index (χ4n) is 2.65. The topological polar surface area (TPSA) is 93.2 Å². The number of esters is 1. The molecule has 3 aromatic rings. The summed E-state index contributed by atoms with van der Waals surface area (Å²) < 4.78 is 6.30. The highest BCUT2D eigenvalue weighted by Crippen LogP contribution is 2.38. The Kier molecular flexibility index (Phi) is 5.52. The fourth-order valence-corrected chi connectivity index (χ4v) is 2.87. The molecule has 0 unspecified atom stereocenters. The Hall–Kier alpha value is -3.19. The van der Waals surface area contributed by atoms with Crippen LogP contribution in [0.15, 0.2) is 58.8 Å². The molecule has 138 valence electrons. The molecular formula is C19H16ClN3O4. The Morgan fingerprint density at radius 1 is 1.15 bits per heavy atom. The van der Waals surface area contributed by atoms with Gasteiger partial charge in [0, 0.05) is 5.39 Å². The van der Waals surface area contributed by atoms with E-state index in [1.54, 1.807) is 49.4 Å². The van der Waals surface area contributed by atoms with Crippen molar-refractivity contribution < 1.29 is 19.4 Å². The second-order valence-corrected chi connectivity index (χ2v) is 5.97. The molecule has 0 aliphatic heterocycles. The average molecular weight is 386 g/mol. The van der Waals surface area contributed by atoms with E-state index in [9.17, 15) is 14.7 Å². The van der Waals surface area contributed by atoms with Crippen LogP contribution in [0.4, 0.5) is 5.69 Å². The lowest BCUT2D eigenvalue weighted by Gasteiger charge is -2.06. The van der Waals surface area contributed by atoms with Gasteiger partial charge in [-0.05, 0) is 25.1 Å². The van der Waals surface area contributed by atoms with Gasteiger partial charge in [0.15, 0.2) is 5.69 Å². The molecule has 1 N–H and O–H groups in total. The van der Waals surface area contributed by atoms with Crippen LogP contribution in [0, 0.1) is 0 Å². The van der Waals surface area contributed by atoms with E-state index in [1.165, 1.54) is 10.6 Å². The largest absolute Gasteiger partial charge is 0.493 e. The molecule has 0 radical (unpaired) electrons. The lowest BCUT2D eigenvalue weighted by atomic mass is 10.2. The Morgan fingerprint density at radius 3 is 2.59 bits per heavy atom. The summed E-state index contributed by atoms with van der Waals surface area (Å²) in [4.78, 5) is 24.1. The molecule has 3 rings (SSSR count). The summed E-state index contributed by atoms with van der Waals surface area (Å²) in [6, 6.07) is 13.4. The SMILES string of the molecule is CCOC(=O)Cn1c(O)c(N=NC(=O)c2ccccc2Cl)c2ccccc21. The molecule has 0 bridgehead atoms. The van der Waals surface area contributed by atoms with Crippen LogP contribution in [-0.2, 0) is 16.1 Å². The van der Waals surface area contributed by atoms with Crippen molar-refractivity contribution in [3.8, 4) is 5.88 Å². The van der Waals surface area contributed by atoms with Crippen LogP contribution in [0.1, 0.15) is 17.3 Å². The summed E-state index contributed by atoms with van der Waals surface area (Å²) in [6.07, 6.45) is 0. The first kappa shape index (κ1) is 18.6. The maximum Gasteiger partial charge on any atom is 0.326 e. The third-order valence-electron chi connectivity index (χ3n) is 3.86. The van der Waals surface area contributed by atoms with Gasteiger partial charge in [0.1, 0.15) is 6.54 Å². The number of carbonyl (C=O) groups excluding carboxylic acids is 2. The number of ether oxygens (including phenoxy) is 1.